The van der Waals surface area contributed by atoms with Crippen LogP contribution in [0.1, 0.15) is 10.4 Å². The van der Waals surface area contributed by atoms with Gasteiger partial charge in [-0.2, -0.15) is 0 Å². The number of benzene rings is 1. The summed E-state index contributed by atoms with van der Waals surface area (Å²) in [6.07, 6.45) is 1.65. The Bertz CT molecular complexity index is 377. The van der Waals surface area contributed by atoms with Crippen molar-refractivity contribution in [3.63, 3.8) is 0 Å². The molecule has 0 radical (unpaired) electrons. The Morgan fingerprint density at radius 3 is 2.88 bits per heavy atom. The van der Waals surface area contributed by atoms with Gasteiger partial charge in [-0.1, -0.05) is 24.8 Å². The van der Waals surface area contributed by atoms with Crippen LogP contribution in [0.15, 0.2) is 36.9 Å². The Balaban J connectivity index is 2.67. The summed E-state index contributed by atoms with van der Waals surface area (Å²) in [6, 6.07) is 7.17. The SMILES string of the molecule is C=CCOc1ccccc1C(=O)NCCNC. The third-order valence-corrected chi connectivity index (χ3v) is 2.15. The topological polar surface area (TPSA) is 50.4 Å². The van der Waals surface area contributed by atoms with Crippen molar-refractivity contribution < 1.29 is 9.53 Å². The smallest absolute Gasteiger partial charge is 0.255 e. The van der Waals surface area contributed by atoms with Crippen molar-refractivity contribution in [2.24, 2.45) is 0 Å². The lowest BCUT2D eigenvalue weighted by molar-refractivity contribution is 0.0950. The van der Waals surface area contributed by atoms with Crippen LogP contribution in [-0.4, -0.2) is 32.7 Å². The zero-order valence-electron chi connectivity index (χ0n) is 10.0. The zero-order valence-corrected chi connectivity index (χ0v) is 10.0. The van der Waals surface area contributed by atoms with Gasteiger partial charge in [0.25, 0.3) is 5.91 Å². The zero-order chi connectivity index (χ0) is 12.5. The van der Waals surface area contributed by atoms with E-state index in [1.807, 2.05) is 19.2 Å². The van der Waals surface area contributed by atoms with E-state index >= 15 is 0 Å². The van der Waals surface area contributed by atoms with Crippen molar-refractivity contribution in [3.05, 3.63) is 42.5 Å². The first-order chi connectivity index (χ1) is 8.29. The highest BCUT2D eigenvalue weighted by molar-refractivity contribution is 5.96. The molecule has 0 atom stereocenters. The largest absolute Gasteiger partial charge is 0.489 e. The number of likely N-dealkylation sites (N-methyl/N-ethyl adjacent to an activating group) is 1. The molecule has 4 heteroatoms. The lowest BCUT2D eigenvalue weighted by atomic mass is 10.2. The predicted molar refractivity (Wildman–Crippen MR) is 68.4 cm³/mol. The molecule has 1 amide bonds. The molecule has 1 aromatic rings. The molecule has 0 aliphatic heterocycles. The van der Waals surface area contributed by atoms with Crippen molar-refractivity contribution in [3.8, 4) is 5.75 Å². The first-order valence-electron chi connectivity index (χ1n) is 5.55. The first kappa shape index (κ1) is 13.3. The summed E-state index contributed by atoms with van der Waals surface area (Å²) in [7, 11) is 1.84. The van der Waals surface area contributed by atoms with Gasteiger partial charge >= 0.3 is 0 Å². The van der Waals surface area contributed by atoms with Crippen LogP contribution in [0.25, 0.3) is 0 Å². The number of nitrogens with one attached hydrogen (secondary N) is 2. The van der Waals surface area contributed by atoms with Crippen molar-refractivity contribution >= 4 is 5.91 Å². The van der Waals surface area contributed by atoms with E-state index < -0.39 is 0 Å². The first-order valence-corrected chi connectivity index (χ1v) is 5.55. The van der Waals surface area contributed by atoms with Crippen LogP contribution >= 0.6 is 0 Å². The highest BCUT2D eigenvalue weighted by atomic mass is 16.5. The standard InChI is InChI=1S/C13H18N2O2/c1-3-10-17-12-7-5-4-6-11(12)13(16)15-9-8-14-2/h3-7,14H,1,8-10H2,2H3,(H,15,16). The minimum absolute atomic E-state index is 0.125. The second kappa shape index (κ2) is 7.46. The van der Waals surface area contributed by atoms with Gasteiger partial charge < -0.3 is 15.4 Å². The molecular weight excluding hydrogens is 216 g/mol. The van der Waals surface area contributed by atoms with Crippen LogP contribution in [0, 0.1) is 0 Å². The normalized spacial score (nSPS) is 9.71. The number of carbonyl (C=O) groups is 1. The van der Waals surface area contributed by atoms with E-state index in [9.17, 15) is 4.79 Å². The predicted octanol–water partition coefficient (Wildman–Crippen LogP) is 1.20. The maximum Gasteiger partial charge on any atom is 0.255 e. The molecule has 1 aromatic carbocycles. The number of carbonyl (C=O) groups excluding carboxylic acids is 1. The maximum atomic E-state index is 11.9. The molecule has 0 bridgehead atoms. The van der Waals surface area contributed by atoms with Gasteiger partial charge in [0.2, 0.25) is 0 Å². The third kappa shape index (κ3) is 4.28. The van der Waals surface area contributed by atoms with E-state index in [1.54, 1.807) is 18.2 Å². The number of para-hydroxylation sites is 1. The summed E-state index contributed by atoms with van der Waals surface area (Å²) in [5, 5.41) is 5.77. The van der Waals surface area contributed by atoms with Gasteiger partial charge in [0.05, 0.1) is 5.56 Å². The molecule has 2 N–H and O–H groups in total. The quantitative estimate of drug-likeness (QED) is 0.550. The lowest BCUT2D eigenvalue weighted by Gasteiger charge is -2.10. The molecule has 0 saturated carbocycles. The van der Waals surface area contributed by atoms with Crippen LogP contribution in [0.5, 0.6) is 5.75 Å². The average molecular weight is 234 g/mol. The molecule has 1 rings (SSSR count). The van der Waals surface area contributed by atoms with E-state index in [2.05, 4.69) is 17.2 Å². The van der Waals surface area contributed by atoms with Crippen LogP contribution in [0.2, 0.25) is 0 Å². The van der Waals surface area contributed by atoms with Crippen molar-refractivity contribution in [2.75, 3.05) is 26.7 Å². The number of ether oxygens (including phenoxy) is 1. The summed E-state index contributed by atoms with van der Waals surface area (Å²) < 4.78 is 5.42. The number of hydrogen-bond donors (Lipinski definition) is 2. The fourth-order valence-corrected chi connectivity index (χ4v) is 1.33. The van der Waals surface area contributed by atoms with E-state index in [4.69, 9.17) is 4.74 Å². The Hall–Kier alpha value is -1.81. The Labute approximate surface area is 102 Å². The molecule has 0 unspecified atom stereocenters. The number of hydrogen-bond acceptors (Lipinski definition) is 3. The maximum absolute atomic E-state index is 11.9. The molecule has 0 heterocycles. The van der Waals surface area contributed by atoms with E-state index in [-0.39, 0.29) is 5.91 Å². The minimum Gasteiger partial charge on any atom is -0.489 e. The van der Waals surface area contributed by atoms with Gasteiger partial charge in [-0.25, -0.2) is 0 Å². The number of rotatable bonds is 7. The minimum atomic E-state index is -0.125. The van der Waals surface area contributed by atoms with E-state index in [0.717, 1.165) is 6.54 Å². The third-order valence-electron chi connectivity index (χ3n) is 2.15. The molecule has 4 nitrogen and oxygen atoms in total. The Kier molecular flexibility index (Phi) is 5.82. The van der Waals surface area contributed by atoms with Gasteiger partial charge in [-0.05, 0) is 19.2 Å². The lowest BCUT2D eigenvalue weighted by Crippen LogP contribution is -2.30. The van der Waals surface area contributed by atoms with Gasteiger partial charge in [-0.3, -0.25) is 4.79 Å². The van der Waals surface area contributed by atoms with Crippen LogP contribution in [0.3, 0.4) is 0 Å². The highest BCUT2D eigenvalue weighted by Crippen LogP contribution is 2.17. The van der Waals surface area contributed by atoms with Crippen molar-refractivity contribution in [1.82, 2.24) is 10.6 Å². The molecule has 0 aliphatic rings. The fourth-order valence-electron chi connectivity index (χ4n) is 1.33. The van der Waals surface area contributed by atoms with Gasteiger partial charge in [0.15, 0.2) is 0 Å². The van der Waals surface area contributed by atoms with Crippen molar-refractivity contribution in [1.29, 1.82) is 0 Å². The molecule has 0 aliphatic carbocycles. The molecule has 17 heavy (non-hydrogen) atoms. The molecule has 0 fully saturated rings. The molecule has 0 aromatic heterocycles. The number of amides is 1. The second-order valence-corrected chi connectivity index (χ2v) is 3.46. The summed E-state index contributed by atoms with van der Waals surface area (Å²) in [6.45, 7) is 5.29. The van der Waals surface area contributed by atoms with Crippen LogP contribution < -0.4 is 15.4 Å². The van der Waals surface area contributed by atoms with Gasteiger partial charge in [0.1, 0.15) is 12.4 Å². The van der Waals surface area contributed by atoms with Crippen molar-refractivity contribution in [2.45, 2.75) is 0 Å². The molecule has 0 spiro atoms. The van der Waals surface area contributed by atoms with Gasteiger partial charge in [-0.15, -0.1) is 0 Å². The Morgan fingerprint density at radius 1 is 1.41 bits per heavy atom. The van der Waals surface area contributed by atoms with Gasteiger partial charge in [0, 0.05) is 13.1 Å². The summed E-state index contributed by atoms with van der Waals surface area (Å²) in [5.41, 5.74) is 0.547. The fraction of sp³-hybridized carbons (Fsp3) is 0.308. The monoisotopic (exact) mass is 234 g/mol. The summed E-state index contributed by atoms with van der Waals surface area (Å²) in [4.78, 5) is 11.9. The van der Waals surface area contributed by atoms with Crippen LogP contribution in [0.4, 0.5) is 0 Å². The van der Waals surface area contributed by atoms with E-state index in [0.29, 0.717) is 24.5 Å². The van der Waals surface area contributed by atoms with E-state index in [1.165, 1.54) is 0 Å². The highest BCUT2D eigenvalue weighted by Gasteiger charge is 2.10. The van der Waals surface area contributed by atoms with Crippen LogP contribution in [-0.2, 0) is 0 Å². The Morgan fingerprint density at radius 2 is 2.18 bits per heavy atom. The second-order valence-electron chi connectivity index (χ2n) is 3.46. The summed E-state index contributed by atoms with van der Waals surface area (Å²) >= 11 is 0. The summed E-state index contributed by atoms with van der Waals surface area (Å²) in [5.74, 6) is 0.453. The molecule has 0 saturated heterocycles. The molecular formula is C13H18N2O2. The molecule has 92 valence electrons. The average Bonchev–Trinajstić information content (AvgIpc) is 2.37.